The maximum Gasteiger partial charge on any atom is 0.264 e. The van der Waals surface area contributed by atoms with Crippen LogP contribution < -0.4 is 20.7 Å². The zero-order valence-electron chi connectivity index (χ0n) is 27.8. The number of rotatable bonds is 15. The van der Waals surface area contributed by atoms with Crippen LogP contribution >= 0.6 is 0 Å². The lowest BCUT2D eigenvalue weighted by atomic mass is 9.52. The second-order valence-electron chi connectivity index (χ2n) is 14.1. The molecular formula is C36H46N4O7. The van der Waals surface area contributed by atoms with Crippen LogP contribution in [0.15, 0.2) is 42.5 Å². The molecule has 1 aliphatic carbocycles. The third kappa shape index (κ3) is 7.67. The summed E-state index contributed by atoms with van der Waals surface area (Å²) in [5.41, 5.74) is 1.88. The zero-order chi connectivity index (χ0) is 33.8. The van der Waals surface area contributed by atoms with E-state index >= 15 is 0 Å². The first-order valence-corrected chi connectivity index (χ1v) is 16.6. The number of imide groups is 2. The van der Waals surface area contributed by atoms with Crippen LogP contribution in [0, 0.1) is 10.8 Å². The number of fused-ring (bicyclic) bond motifs is 1. The minimum Gasteiger partial charge on any atom is -0.494 e. The minimum absolute atomic E-state index is 0.0493. The van der Waals surface area contributed by atoms with Crippen LogP contribution in [0.2, 0.25) is 0 Å². The van der Waals surface area contributed by atoms with Crippen LogP contribution in [0.3, 0.4) is 0 Å². The van der Waals surface area contributed by atoms with Gasteiger partial charge in [-0.05, 0) is 85.8 Å². The topological polar surface area (TPSA) is 143 Å². The van der Waals surface area contributed by atoms with Gasteiger partial charge >= 0.3 is 0 Å². The Morgan fingerprint density at radius 3 is 2.30 bits per heavy atom. The molecule has 3 aliphatic rings. The lowest BCUT2D eigenvalue weighted by Crippen LogP contribution is -2.63. The molecule has 0 radical (unpaired) electrons. The van der Waals surface area contributed by atoms with Crippen molar-refractivity contribution in [3.05, 3.63) is 59.2 Å². The first-order valence-electron chi connectivity index (χ1n) is 16.6. The number of hydrogen-bond acceptors (Lipinski definition) is 8. The van der Waals surface area contributed by atoms with Gasteiger partial charge in [0.2, 0.25) is 11.8 Å². The molecule has 5 amide bonds. The summed E-state index contributed by atoms with van der Waals surface area (Å²) in [7, 11) is 0. The molecule has 2 aliphatic heterocycles. The number of piperidine rings is 1. The molecular weight excluding hydrogens is 600 g/mol. The fraction of sp³-hybridized carbons (Fsp3) is 0.528. The number of hydrogen-bond donors (Lipinski definition) is 3. The van der Waals surface area contributed by atoms with Gasteiger partial charge in [-0.1, -0.05) is 33.8 Å². The van der Waals surface area contributed by atoms with E-state index in [0.29, 0.717) is 44.0 Å². The predicted molar refractivity (Wildman–Crippen MR) is 176 cm³/mol. The van der Waals surface area contributed by atoms with Crippen LogP contribution in [0.1, 0.15) is 104 Å². The second-order valence-corrected chi connectivity index (χ2v) is 14.1. The molecule has 0 spiro atoms. The van der Waals surface area contributed by atoms with Crippen molar-refractivity contribution in [2.75, 3.05) is 31.7 Å². The van der Waals surface area contributed by atoms with E-state index in [-0.39, 0.29) is 46.7 Å². The maximum absolute atomic E-state index is 13.2. The highest BCUT2D eigenvalue weighted by Gasteiger charge is 2.53. The van der Waals surface area contributed by atoms with E-state index in [1.54, 1.807) is 18.2 Å². The van der Waals surface area contributed by atoms with Crippen molar-refractivity contribution in [1.29, 1.82) is 0 Å². The van der Waals surface area contributed by atoms with Gasteiger partial charge in [0.1, 0.15) is 11.8 Å². The summed E-state index contributed by atoms with van der Waals surface area (Å²) in [6.07, 6.45) is 4.75. The quantitative estimate of drug-likeness (QED) is 0.187. The third-order valence-corrected chi connectivity index (χ3v) is 9.32. The molecule has 1 atom stereocenters. The first kappa shape index (κ1) is 34.1. The highest BCUT2D eigenvalue weighted by molar-refractivity contribution is 6.25. The second kappa shape index (κ2) is 14.3. The largest absolute Gasteiger partial charge is 0.494 e. The molecule has 252 valence electrons. The Kier molecular flexibility index (Phi) is 10.3. The number of unbranched alkanes of at least 4 members (excludes halogenated alkanes) is 2. The number of benzene rings is 2. The van der Waals surface area contributed by atoms with Gasteiger partial charge in [0.05, 0.1) is 17.7 Å². The van der Waals surface area contributed by atoms with Crippen molar-refractivity contribution in [2.45, 2.75) is 84.7 Å². The van der Waals surface area contributed by atoms with Crippen LogP contribution in [0.4, 0.5) is 5.69 Å². The molecule has 47 heavy (non-hydrogen) atoms. The molecule has 0 aromatic heterocycles. The van der Waals surface area contributed by atoms with Crippen molar-refractivity contribution >= 4 is 35.2 Å². The summed E-state index contributed by atoms with van der Waals surface area (Å²) in [4.78, 5) is 63.7. The average molecular weight is 647 g/mol. The van der Waals surface area contributed by atoms with Crippen molar-refractivity contribution in [3.63, 3.8) is 0 Å². The number of nitrogens with one attached hydrogen (secondary N) is 3. The molecule has 2 fully saturated rings. The maximum atomic E-state index is 13.2. The Morgan fingerprint density at radius 1 is 0.894 bits per heavy atom. The van der Waals surface area contributed by atoms with Crippen molar-refractivity contribution in [1.82, 2.24) is 15.5 Å². The highest BCUT2D eigenvalue weighted by Crippen LogP contribution is 2.53. The molecule has 0 bridgehead atoms. The van der Waals surface area contributed by atoms with Crippen molar-refractivity contribution < 1.29 is 33.4 Å². The fourth-order valence-electron chi connectivity index (χ4n) is 7.45. The number of nitrogens with zero attached hydrogens (tertiary/aromatic N) is 1. The van der Waals surface area contributed by atoms with Gasteiger partial charge in [0.15, 0.2) is 0 Å². The van der Waals surface area contributed by atoms with Crippen molar-refractivity contribution in [2.24, 2.45) is 10.8 Å². The van der Waals surface area contributed by atoms with Gasteiger partial charge < -0.3 is 20.1 Å². The summed E-state index contributed by atoms with van der Waals surface area (Å²) >= 11 is 0. The normalized spacial score (nSPS) is 20.0. The van der Waals surface area contributed by atoms with E-state index < -0.39 is 29.7 Å². The predicted octanol–water partition coefficient (Wildman–Crippen LogP) is 4.71. The number of anilines is 1. The smallest absolute Gasteiger partial charge is 0.264 e. The zero-order valence-corrected chi connectivity index (χ0v) is 27.8. The van der Waals surface area contributed by atoms with Crippen molar-refractivity contribution in [3.8, 4) is 5.75 Å². The summed E-state index contributed by atoms with van der Waals surface area (Å²) in [6, 6.07) is 11.5. The summed E-state index contributed by atoms with van der Waals surface area (Å²) in [5, 5.41) is 8.66. The first-order chi connectivity index (χ1) is 22.4. The lowest BCUT2D eigenvalue weighted by molar-refractivity contribution is -0.136. The Bertz CT molecular complexity index is 1500. The van der Waals surface area contributed by atoms with Gasteiger partial charge in [0, 0.05) is 43.5 Å². The SMILES string of the molecule is CC1(C)CC(C)(C)C1NC(=O)c1ccc(OCCCCCOCCCNc2cccc3c2C(=O)N(C2CCC(=O)NC2=O)C3=O)cc1. The van der Waals surface area contributed by atoms with E-state index in [4.69, 9.17) is 9.47 Å². The average Bonchev–Trinajstić information content (AvgIpc) is 3.28. The summed E-state index contributed by atoms with van der Waals surface area (Å²) in [6.45, 7) is 11.1. The van der Waals surface area contributed by atoms with Gasteiger partial charge in [-0.25, -0.2) is 0 Å². The number of amides is 5. The molecule has 1 unspecified atom stereocenters. The lowest BCUT2D eigenvalue weighted by Gasteiger charge is -2.57. The fourth-order valence-corrected chi connectivity index (χ4v) is 7.45. The highest BCUT2D eigenvalue weighted by atomic mass is 16.5. The molecule has 2 heterocycles. The number of carbonyl (C=O) groups is 5. The number of carbonyl (C=O) groups excluding carboxylic acids is 5. The Labute approximate surface area is 276 Å². The van der Waals surface area contributed by atoms with Gasteiger partial charge in [-0.15, -0.1) is 0 Å². The van der Waals surface area contributed by atoms with Gasteiger partial charge in [-0.3, -0.25) is 34.2 Å². The third-order valence-electron chi connectivity index (χ3n) is 9.32. The standard InChI is InChI=1S/C36H46N4O7/c1-35(2)22-36(3,4)34(35)39-30(42)23-12-14-24(15-13-23)47-21-7-5-6-19-46-20-9-18-37-26-11-8-10-25-29(26)33(45)40(32(25)44)27-16-17-28(41)38-31(27)43/h8,10-15,27,34,37H,5-7,9,16-22H2,1-4H3,(H,39,42)(H,38,41,43). The van der Waals surface area contributed by atoms with E-state index in [1.165, 1.54) is 0 Å². The minimum atomic E-state index is -0.989. The molecule has 5 rings (SSSR count). The van der Waals surface area contributed by atoms with Crippen LogP contribution in [0.5, 0.6) is 5.75 Å². The summed E-state index contributed by atoms with van der Waals surface area (Å²) < 4.78 is 11.6. The van der Waals surface area contributed by atoms with Gasteiger partial charge in [-0.2, -0.15) is 0 Å². The van der Waals surface area contributed by atoms with E-state index in [0.717, 1.165) is 36.3 Å². The van der Waals surface area contributed by atoms with Crippen LogP contribution in [-0.4, -0.2) is 72.9 Å². The molecule has 1 saturated heterocycles. The van der Waals surface area contributed by atoms with E-state index in [1.807, 2.05) is 24.3 Å². The Morgan fingerprint density at radius 2 is 1.60 bits per heavy atom. The summed E-state index contributed by atoms with van der Waals surface area (Å²) in [5.74, 6) is -1.38. The molecule has 2 aromatic carbocycles. The Hall–Kier alpha value is -4.25. The molecule has 3 N–H and O–H groups in total. The van der Waals surface area contributed by atoms with E-state index in [2.05, 4.69) is 43.6 Å². The monoisotopic (exact) mass is 646 g/mol. The van der Waals surface area contributed by atoms with Gasteiger partial charge in [0.25, 0.3) is 17.7 Å². The molecule has 2 aromatic rings. The Balaban J connectivity index is 0.937. The molecule has 1 saturated carbocycles. The number of ether oxygens (including phenoxy) is 2. The molecule has 11 heteroatoms. The van der Waals surface area contributed by atoms with Crippen LogP contribution in [0.25, 0.3) is 0 Å². The van der Waals surface area contributed by atoms with E-state index in [9.17, 15) is 24.0 Å². The molecule has 11 nitrogen and oxygen atoms in total. The van der Waals surface area contributed by atoms with Crippen LogP contribution in [-0.2, 0) is 14.3 Å².